The lowest BCUT2D eigenvalue weighted by atomic mass is 9.91. The summed E-state index contributed by atoms with van der Waals surface area (Å²) in [6, 6.07) is 11.2. The molecule has 7 nitrogen and oxygen atoms in total. The van der Waals surface area contributed by atoms with Crippen molar-refractivity contribution in [3.8, 4) is 5.75 Å². The molecule has 0 radical (unpaired) electrons. The first-order valence-corrected chi connectivity index (χ1v) is 12.4. The number of rotatable bonds is 7. The first-order chi connectivity index (χ1) is 16.6. The lowest BCUT2D eigenvalue weighted by Crippen LogP contribution is -2.47. The smallest absolute Gasteiger partial charge is 0.415 e. The molecule has 0 aliphatic carbocycles. The van der Waals surface area contributed by atoms with E-state index in [-0.39, 0.29) is 0 Å². The van der Waals surface area contributed by atoms with Crippen LogP contribution >= 0.6 is 0 Å². The van der Waals surface area contributed by atoms with Crippen LogP contribution in [0.4, 0.5) is 20.6 Å². The van der Waals surface area contributed by atoms with Crippen LogP contribution in [-0.2, 0) is 4.74 Å². The Kier molecular flexibility index (Phi) is 6.85. The molecule has 3 fully saturated rings. The second-order valence-corrected chi connectivity index (χ2v) is 9.56. The average molecular weight is 469 g/mol. The van der Waals surface area contributed by atoms with E-state index in [2.05, 4.69) is 26.9 Å². The molecule has 0 atom stereocenters. The van der Waals surface area contributed by atoms with Crippen molar-refractivity contribution in [2.24, 2.45) is 0 Å². The number of carbonyl (C=O) groups is 1. The maximum Gasteiger partial charge on any atom is 0.415 e. The standard InChI is InChI=1S/C26H33FN4O3/c27-24-19-22(9-12-28-24)31-20-26(34-25(31)32)10-16-30(17-11-26)21-5-7-23(8-6-21)33-18-4-15-29-13-2-1-3-14-29/h5-9,12,19H,1-4,10-11,13-18,20H2. The number of piperidine rings is 2. The molecule has 1 amide bonds. The van der Waals surface area contributed by atoms with E-state index < -0.39 is 17.6 Å². The van der Waals surface area contributed by atoms with Crippen LogP contribution in [0.2, 0.25) is 0 Å². The third kappa shape index (κ3) is 5.27. The number of amides is 1. The summed E-state index contributed by atoms with van der Waals surface area (Å²) in [7, 11) is 0. The molecule has 4 heterocycles. The quantitative estimate of drug-likeness (QED) is 0.441. The van der Waals surface area contributed by atoms with Gasteiger partial charge in [-0.3, -0.25) is 4.90 Å². The summed E-state index contributed by atoms with van der Waals surface area (Å²) in [4.78, 5) is 22.4. The van der Waals surface area contributed by atoms with E-state index >= 15 is 0 Å². The van der Waals surface area contributed by atoms with Gasteiger partial charge in [-0.2, -0.15) is 4.39 Å². The van der Waals surface area contributed by atoms with E-state index in [9.17, 15) is 9.18 Å². The Balaban J connectivity index is 1.09. The number of hydrogen-bond acceptors (Lipinski definition) is 6. The van der Waals surface area contributed by atoms with E-state index in [0.717, 1.165) is 56.9 Å². The topological polar surface area (TPSA) is 58.1 Å². The minimum absolute atomic E-state index is 0.416. The first-order valence-electron chi connectivity index (χ1n) is 12.4. The lowest BCUT2D eigenvalue weighted by Gasteiger charge is -2.38. The maximum atomic E-state index is 13.5. The summed E-state index contributed by atoms with van der Waals surface area (Å²) in [6.45, 7) is 6.34. The second-order valence-electron chi connectivity index (χ2n) is 9.56. The monoisotopic (exact) mass is 468 g/mol. The predicted molar refractivity (Wildman–Crippen MR) is 129 cm³/mol. The van der Waals surface area contributed by atoms with Crippen LogP contribution in [0.3, 0.4) is 0 Å². The van der Waals surface area contributed by atoms with E-state index in [0.29, 0.717) is 12.2 Å². The predicted octanol–water partition coefficient (Wildman–Crippen LogP) is 4.47. The number of pyridine rings is 1. The minimum atomic E-state index is -0.601. The van der Waals surface area contributed by atoms with Crippen molar-refractivity contribution in [1.29, 1.82) is 0 Å². The maximum absolute atomic E-state index is 13.5. The van der Waals surface area contributed by atoms with Crippen LogP contribution in [0, 0.1) is 5.95 Å². The Bertz CT molecular complexity index is 972. The Morgan fingerprint density at radius 1 is 1.00 bits per heavy atom. The van der Waals surface area contributed by atoms with Crippen molar-refractivity contribution in [2.45, 2.75) is 44.1 Å². The van der Waals surface area contributed by atoms with Crippen LogP contribution in [0.25, 0.3) is 0 Å². The van der Waals surface area contributed by atoms with Gasteiger partial charge in [-0.25, -0.2) is 9.78 Å². The highest BCUT2D eigenvalue weighted by Gasteiger charge is 2.47. The van der Waals surface area contributed by atoms with Gasteiger partial charge in [-0.15, -0.1) is 0 Å². The molecule has 34 heavy (non-hydrogen) atoms. The summed E-state index contributed by atoms with van der Waals surface area (Å²) in [6.07, 6.45) is 7.49. The fraction of sp³-hybridized carbons (Fsp3) is 0.538. The summed E-state index contributed by atoms with van der Waals surface area (Å²) in [5.41, 5.74) is 1.11. The molecule has 3 aliphatic rings. The number of carbonyl (C=O) groups excluding carboxylic acids is 1. The number of benzene rings is 1. The zero-order valence-electron chi connectivity index (χ0n) is 19.6. The van der Waals surface area contributed by atoms with Gasteiger partial charge in [0, 0.05) is 50.4 Å². The Hall–Kier alpha value is -2.87. The fourth-order valence-electron chi connectivity index (χ4n) is 5.23. The normalized spacial score (nSPS) is 20.6. The molecule has 0 saturated carbocycles. The van der Waals surface area contributed by atoms with Crippen molar-refractivity contribution < 1.29 is 18.7 Å². The molecule has 1 spiro atoms. The molecule has 0 bridgehead atoms. The van der Waals surface area contributed by atoms with Crippen molar-refractivity contribution >= 4 is 17.5 Å². The van der Waals surface area contributed by atoms with Crippen molar-refractivity contribution in [3.05, 3.63) is 48.5 Å². The average Bonchev–Trinajstić information content (AvgIpc) is 3.19. The van der Waals surface area contributed by atoms with Gasteiger partial charge >= 0.3 is 6.09 Å². The summed E-state index contributed by atoms with van der Waals surface area (Å²) in [5.74, 6) is 0.302. The molecular weight excluding hydrogens is 435 g/mol. The number of ether oxygens (including phenoxy) is 2. The summed E-state index contributed by atoms with van der Waals surface area (Å²) >= 11 is 0. The zero-order valence-corrected chi connectivity index (χ0v) is 19.6. The van der Waals surface area contributed by atoms with Gasteiger partial charge in [0.25, 0.3) is 0 Å². The van der Waals surface area contributed by atoms with Crippen molar-refractivity contribution in [3.63, 3.8) is 0 Å². The van der Waals surface area contributed by atoms with E-state index in [1.165, 1.54) is 49.5 Å². The SMILES string of the molecule is O=C1OC2(CCN(c3ccc(OCCCN4CCCCC4)cc3)CC2)CN1c1ccnc(F)c1. The first kappa shape index (κ1) is 22.9. The molecule has 1 aromatic carbocycles. The largest absolute Gasteiger partial charge is 0.494 e. The molecule has 182 valence electrons. The van der Waals surface area contributed by atoms with Crippen LogP contribution in [0.1, 0.15) is 38.5 Å². The van der Waals surface area contributed by atoms with E-state index in [4.69, 9.17) is 9.47 Å². The van der Waals surface area contributed by atoms with Crippen LogP contribution in [-0.4, -0.2) is 67.5 Å². The minimum Gasteiger partial charge on any atom is -0.494 e. The Morgan fingerprint density at radius 3 is 2.50 bits per heavy atom. The van der Waals surface area contributed by atoms with E-state index in [1.807, 2.05) is 12.1 Å². The number of halogens is 1. The number of hydrogen-bond donors (Lipinski definition) is 0. The van der Waals surface area contributed by atoms with Gasteiger partial charge in [0.15, 0.2) is 0 Å². The number of anilines is 2. The second kappa shape index (κ2) is 10.2. The van der Waals surface area contributed by atoms with Gasteiger partial charge in [-0.1, -0.05) is 6.42 Å². The number of nitrogens with zero attached hydrogens (tertiary/aromatic N) is 4. The molecule has 8 heteroatoms. The fourth-order valence-corrected chi connectivity index (χ4v) is 5.23. The highest BCUT2D eigenvalue weighted by atomic mass is 19.1. The van der Waals surface area contributed by atoms with Gasteiger partial charge in [0.1, 0.15) is 11.4 Å². The summed E-state index contributed by atoms with van der Waals surface area (Å²) < 4.78 is 25.2. The van der Waals surface area contributed by atoms with Crippen LogP contribution < -0.4 is 14.5 Å². The third-order valence-electron chi connectivity index (χ3n) is 7.20. The lowest BCUT2D eigenvalue weighted by molar-refractivity contribution is 0.0367. The number of aromatic nitrogens is 1. The molecule has 0 unspecified atom stereocenters. The molecule has 3 saturated heterocycles. The summed E-state index contributed by atoms with van der Waals surface area (Å²) in [5, 5.41) is 0. The third-order valence-corrected chi connectivity index (χ3v) is 7.20. The van der Waals surface area contributed by atoms with Gasteiger partial charge in [-0.05, 0) is 62.7 Å². The molecule has 3 aliphatic heterocycles. The Morgan fingerprint density at radius 2 is 1.76 bits per heavy atom. The highest BCUT2D eigenvalue weighted by Crippen LogP contribution is 2.37. The van der Waals surface area contributed by atoms with Gasteiger partial charge in [0.2, 0.25) is 5.95 Å². The molecule has 0 N–H and O–H groups in total. The van der Waals surface area contributed by atoms with Crippen molar-refractivity contribution in [1.82, 2.24) is 9.88 Å². The van der Waals surface area contributed by atoms with Gasteiger partial charge < -0.3 is 19.3 Å². The molecule has 1 aromatic heterocycles. The van der Waals surface area contributed by atoms with Gasteiger partial charge in [0.05, 0.1) is 18.8 Å². The van der Waals surface area contributed by atoms with E-state index in [1.54, 1.807) is 6.07 Å². The Labute approximate surface area is 200 Å². The van der Waals surface area contributed by atoms with Crippen LogP contribution in [0.15, 0.2) is 42.6 Å². The van der Waals surface area contributed by atoms with Crippen molar-refractivity contribution in [2.75, 3.05) is 55.7 Å². The molecule has 2 aromatic rings. The van der Waals surface area contributed by atoms with Crippen LogP contribution in [0.5, 0.6) is 5.75 Å². The molecular formula is C26H33FN4O3. The molecule has 5 rings (SSSR count). The highest BCUT2D eigenvalue weighted by molar-refractivity contribution is 5.90. The number of likely N-dealkylation sites (tertiary alicyclic amines) is 1. The zero-order chi connectivity index (χ0) is 23.4.